The number of hydrogen-bond acceptors (Lipinski definition) is 10. The maximum absolute atomic E-state index is 13.5. The highest BCUT2D eigenvalue weighted by Crippen LogP contribution is 2.47. The highest BCUT2D eigenvalue weighted by Gasteiger charge is 2.41. The van der Waals surface area contributed by atoms with E-state index in [0.29, 0.717) is 85.0 Å². The van der Waals surface area contributed by atoms with Gasteiger partial charge in [0.2, 0.25) is 11.8 Å². The Morgan fingerprint density at radius 1 is 0.667 bits per heavy atom. The Morgan fingerprint density at radius 2 is 1.06 bits per heavy atom. The molecule has 16 nitrogen and oxygen atoms in total. The lowest BCUT2D eigenvalue weighted by Gasteiger charge is -2.43. The smallest absolute Gasteiger partial charge is 0.268 e. The molecule has 2 saturated heterocycles. The number of aromatic nitrogens is 4. The molecular weight excluding hydrogens is 956 g/mol. The second kappa shape index (κ2) is 20.8. The molecule has 0 unspecified atom stereocenters. The van der Waals surface area contributed by atoms with Gasteiger partial charge < -0.3 is 38.9 Å². The molecule has 376 valence electrons. The van der Waals surface area contributed by atoms with Crippen molar-refractivity contribution in [3.63, 3.8) is 0 Å². The number of amides is 4. The first-order chi connectivity index (χ1) is 34.5. The van der Waals surface area contributed by atoms with Crippen LogP contribution in [0.25, 0.3) is 44.1 Å². The van der Waals surface area contributed by atoms with E-state index >= 15 is 0 Å². The number of hydrogen-bond donors (Lipinski definition) is 2. The topological polar surface area (TPSA) is 164 Å². The summed E-state index contributed by atoms with van der Waals surface area (Å²) < 4.78 is 12.6. The number of ether oxygens (including phenoxy) is 2. The Hall–Kier alpha value is -6.72. The molecule has 18 heteroatoms. The van der Waals surface area contributed by atoms with Gasteiger partial charge in [0, 0.05) is 98.9 Å². The van der Waals surface area contributed by atoms with Crippen molar-refractivity contribution in [1.82, 2.24) is 40.0 Å². The summed E-state index contributed by atoms with van der Waals surface area (Å²) in [7, 11) is 7.91. The summed E-state index contributed by atoms with van der Waals surface area (Å²) in [5.74, 6) is 1.31. The predicted molar refractivity (Wildman–Crippen MR) is 283 cm³/mol. The number of rotatable bonds is 14. The van der Waals surface area contributed by atoms with Crippen LogP contribution in [0.1, 0.15) is 24.0 Å². The van der Waals surface area contributed by atoms with Crippen LogP contribution in [0, 0.1) is 25.7 Å². The van der Waals surface area contributed by atoms with Crippen molar-refractivity contribution in [3.05, 3.63) is 107 Å². The number of carbonyl (C=O) groups is 4. The first-order valence-corrected chi connectivity index (χ1v) is 24.9. The van der Waals surface area contributed by atoms with Crippen molar-refractivity contribution in [2.45, 2.75) is 38.9 Å². The Morgan fingerprint density at radius 3 is 1.42 bits per heavy atom. The molecule has 6 aromatic rings. The van der Waals surface area contributed by atoms with Crippen LogP contribution in [-0.2, 0) is 19.2 Å². The van der Waals surface area contributed by atoms with Crippen molar-refractivity contribution < 1.29 is 28.7 Å². The number of H-pyrrole nitrogens is 2. The van der Waals surface area contributed by atoms with Crippen LogP contribution >= 0.6 is 23.2 Å². The molecule has 0 radical (unpaired) electrons. The van der Waals surface area contributed by atoms with E-state index < -0.39 is 12.2 Å². The number of likely N-dealkylation sites (tertiary alicyclic amines) is 2. The minimum atomic E-state index is -0.592. The first kappa shape index (κ1) is 50.2. The molecule has 2 fully saturated rings. The number of benzene rings is 4. The van der Waals surface area contributed by atoms with Crippen LogP contribution in [0.2, 0.25) is 10.0 Å². The standard InChI is InChI=1S/2C27H30ClN5O3/c2*1-5-25(34)32-13-17(14-32)15-33-22-11-20(28)18(26-16(2)6-7-21-19(26)12-29-30-21)10-24(22)36-23(27(33)35)8-9-31(3)4/h2*5-7,10-12,17,23H,1,8-9,13-15H2,2-4H3,(H,29,30)/t2*23-/m00/s1. The maximum atomic E-state index is 13.5. The Bertz CT molecular complexity index is 2890. The summed E-state index contributed by atoms with van der Waals surface area (Å²) >= 11 is 13.7. The monoisotopic (exact) mass is 1010 g/mol. The largest absolute Gasteiger partial charge is 0.478 e. The van der Waals surface area contributed by atoms with Crippen molar-refractivity contribution in [2.24, 2.45) is 11.8 Å². The summed E-state index contributed by atoms with van der Waals surface area (Å²) in [6.45, 7) is 16.0. The zero-order chi connectivity index (χ0) is 51.1. The van der Waals surface area contributed by atoms with Crippen molar-refractivity contribution >= 4 is 80.0 Å². The third-order valence-electron chi connectivity index (χ3n) is 13.9. The van der Waals surface area contributed by atoms with E-state index in [9.17, 15) is 19.2 Å². The van der Waals surface area contributed by atoms with E-state index in [0.717, 1.165) is 68.3 Å². The summed E-state index contributed by atoms with van der Waals surface area (Å²) in [5, 5.41) is 17.5. The number of aryl methyl sites for hydroxylation is 2. The van der Waals surface area contributed by atoms with Gasteiger partial charge in [0.1, 0.15) is 11.5 Å². The van der Waals surface area contributed by atoms with Gasteiger partial charge in [-0.2, -0.15) is 10.2 Å². The molecule has 0 saturated carbocycles. The second-order valence-corrected chi connectivity index (χ2v) is 20.5. The summed E-state index contributed by atoms with van der Waals surface area (Å²) in [6.07, 6.45) is 6.22. The Kier molecular flexibility index (Phi) is 14.5. The average molecular weight is 1020 g/mol. The fourth-order valence-electron chi connectivity index (χ4n) is 10.0. The Balaban J connectivity index is 0.000000178. The molecule has 0 spiro atoms. The molecule has 0 bridgehead atoms. The van der Waals surface area contributed by atoms with Crippen LogP contribution < -0.4 is 19.3 Å². The Labute approximate surface area is 429 Å². The average Bonchev–Trinajstić information content (AvgIpc) is 4.01. The number of nitrogens with zero attached hydrogens (tertiary/aromatic N) is 8. The van der Waals surface area contributed by atoms with Crippen molar-refractivity contribution in [3.8, 4) is 33.8 Å². The molecule has 4 aliphatic heterocycles. The third kappa shape index (κ3) is 9.92. The van der Waals surface area contributed by atoms with E-state index in [1.165, 1.54) is 12.2 Å². The molecule has 2 aromatic heterocycles. The van der Waals surface area contributed by atoms with E-state index in [2.05, 4.69) is 33.6 Å². The SMILES string of the molecule is C=CC(=O)N1CC(CN2C(=O)[C@H](CCN(C)C)Oc3cc(-c4c(C)ccc5[nH]ncc45)c(Cl)cc32)C1.C=CC(=O)N1CC(CN2C(=O)[C@H](CCN(C)C)Oc3cc(-c4c(C)ccc5[nH]ncc45)c(Cl)cc32)C1. The van der Waals surface area contributed by atoms with Gasteiger partial charge in [-0.05, 0) is 113 Å². The van der Waals surface area contributed by atoms with Gasteiger partial charge >= 0.3 is 0 Å². The van der Waals surface area contributed by atoms with E-state index in [-0.39, 0.29) is 35.5 Å². The molecule has 10 rings (SSSR count). The molecule has 2 N–H and O–H groups in total. The third-order valence-corrected chi connectivity index (χ3v) is 14.6. The lowest BCUT2D eigenvalue weighted by atomic mass is 9.94. The fourth-order valence-corrected chi connectivity index (χ4v) is 10.5. The molecule has 0 aliphatic carbocycles. The molecule has 4 aromatic carbocycles. The van der Waals surface area contributed by atoms with Crippen LogP contribution in [-0.4, -0.2) is 156 Å². The van der Waals surface area contributed by atoms with Gasteiger partial charge in [0.25, 0.3) is 11.8 Å². The molecule has 72 heavy (non-hydrogen) atoms. The number of carbonyl (C=O) groups excluding carboxylic acids is 4. The number of nitrogens with one attached hydrogen (secondary N) is 2. The van der Waals surface area contributed by atoms with Crippen molar-refractivity contribution in [2.75, 3.05) is 90.3 Å². The van der Waals surface area contributed by atoms with E-state index in [1.807, 2.05) is 100 Å². The number of aromatic amines is 2. The van der Waals surface area contributed by atoms with Crippen LogP contribution in [0.5, 0.6) is 11.5 Å². The zero-order valence-electron chi connectivity index (χ0n) is 41.5. The van der Waals surface area contributed by atoms with Gasteiger partial charge in [0.15, 0.2) is 12.2 Å². The molecule has 6 heterocycles. The minimum Gasteiger partial charge on any atom is -0.478 e. The number of halogens is 2. The quantitative estimate of drug-likeness (QED) is 0.103. The lowest BCUT2D eigenvalue weighted by Crippen LogP contribution is -2.56. The zero-order valence-corrected chi connectivity index (χ0v) is 43.0. The fraction of sp³-hybridized carbons (Fsp3) is 0.370. The molecular formula is C54H60Cl2N10O6. The summed E-state index contributed by atoms with van der Waals surface area (Å²) in [6, 6.07) is 15.6. The minimum absolute atomic E-state index is 0.0743. The maximum Gasteiger partial charge on any atom is 0.268 e. The molecule has 4 aliphatic rings. The normalized spacial score (nSPS) is 17.8. The molecule has 4 amide bonds. The van der Waals surface area contributed by atoms with Crippen LogP contribution in [0.4, 0.5) is 11.4 Å². The first-order valence-electron chi connectivity index (χ1n) is 24.1. The summed E-state index contributed by atoms with van der Waals surface area (Å²) in [4.78, 5) is 62.0. The summed E-state index contributed by atoms with van der Waals surface area (Å²) in [5.41, 5.74) is 8.98. The van der Waals surface area contributed by atoms with Gasteiger partial charge in [-0.3, -0.25) is 29.4 Å². The van der Waals surface area contributed by atoms with Gasteiger partial charge in [-0.1, -0.05) is 48.5 Å². The van der Waals surface area contributed by atoms with Gasteiger partial charge in [-0.15, -0.1) is 0 Å². The van der Waals surface area contributed by atoms with E-state index in [4.69, 9.17) is 32.7 Å². The van der Waals surface area contributed by atoms with Gasteiger partial charge in [-0.25, -0.2) is 0 Å². The second-order valence-electron chi connectivity index (χ2n) is 19.7. The number of fused-ring (bicyclic) bond motifs is 4. The molecule has 2 atom stereocenters. The van der Waals surface area contributed by atoms with Crippen molar-refractivity contribution in [1.29, 1.82) is 0 Å². The predicted octanol–water partition coefficient (Wildman–Crippen LogP) is 7.76. The van der Waals surface area contributed by atoms with Crippen LogP contribution in [0.15, 0.2) is 86.2 Å². The van der Waals surface area contributed by atoms with E-state index in [1.54, 1.807) is 32.0 Å². The highest BCUT2D eigenvalue weighted by molar-refractivity contribution is 6.35. The van der Waals surface area contributed by atoms with Crippen LogP contribution in [0.3, 0.4) is 0 Å². The number of anilines is 2. The highest BCUT2D eigenvalue weighted by atomic mass is 35.5. The lowest BCUT2D eigenvalue weighted by molar-refractivity contribution is -0.133. The van der Waals surface area contributed by atoms with Gasteiger partial charge in [0.05, 0.1) is 44.8 Å².